The molecule has 6 heteroatoms. The summed E-state index contributed by atoms with van der Waals surface area (Å²) in [5.74, 6) is 1.17. The van der Waals surface area contributed by atoms with E-state index in [-0.39, 0.29) is 6.10 Å². The van der Waals surface area contributed by atoms with Crippen LogP contribution < -0.4 is 15.4 Å². The van der Waals surface area contributed by atoms with Crippen LogP contribution in [0.15, 0.2) is 6.33 Å². The Labute approximate surface area is 107 Å². The molecule has 2 heterocycles. The normalized spacial score (nSPS) is 19.9. The summed E-state index contributed by atoms with van der Waals surface area (Å²) in [5.41, 5.74) is 6.51. The van der Waals surface area contributed by atoms with E-state index in [1.807, 2.05) is 6.92 Å². The summed E-state index contributed by atoms with van der Waals surface area (Å²) >= 11 is 0. The molecule has 18 heavy (non-hydrogen) atoms. The Morgan fingerprint density at radius 3 is 3.06 bits per heavy atom. The quantitative estimate of drug-likeness (QED) is 0.864. The number of hydrogen-bond donors (Lipinski definition) is 1. The number of anilines is 2. The van der Waals surface area contributed by atoms with Crippen LogP contribution in [-0.2, 0) is 4.74 Å². The average Bonchev–Trinajstić information content (AvgIpc) is 2.40. The van der Waals surface area contributed by atoms with Gasteiger partial charge in [0.25, 0.3) is 0 Å². The van der Waals surface area contributed by atoms with Gasteiger partial charge in [0, 0.05) is 19.7 Å². The lowest BCUT2D eigenvalue weighted by Gasteiger charge is -2.33. The smallest absolute Gasteiger partial charge is 0.242 e. The molecule has 1 aromatic rings. The lowest BCUT2D eigenvalue weighted by Crippen LogP contribution is -2.40. The molecule has 0 bridgehead atoms. The van der Waals surface area contributed by atoms with Crippen molar-refractivity contribution in [2.24, 2.45) is 0 Å². The molecule has 1 unspecified atom stereocenters. The fourth-order valence-corrected chi connectivity index (χ4v) is 2.29. The van der Waals surface area contributed by atoms with Crippen molar-refractivity contribution in [1.82, 2.24) is 9.97 Å². The van der Waals surface area contributed by atoms with E-state index in [2.05, 4.69) is 14.9 Å². The van der Waals surface area contributed by atoms with Crippen molar-refractivity contribution < 1.29 is 9.47 Å². The van der Waals surface area contributed by atoms with Crippen LogP contribution in [0.25, 0.3) is 0 Å². The molecule has 0 aliphatic carbocycles. The van der Waals surface area contributed by atoms with Gasteiger partial charge in [-0.25, -0.2) is 4.98 Å². The summed E-state index contributed by atoms with van der Waals surface area (Å²) in [5, 5.41) is 0. The molecule has 0 spiro atoms. The number of rotatable bonds is 4. The number of aromatic nitrogens is 2. The summed E-state index contributed by atoms with van der Waals surface area (Å²) in [4.78, 5) is 10.4. The van der Waals surface area contributed by atoms with Gasteiger partial charge in [0.2, 0.25) is 5.88 Å². The third-order valence-corrected chi connectivity index (χ3v) is 3.10. The van der Waals surface area contributed by atoms with Crippen LogP contribution in [0, 0.1) is 0 Å². The third kappa shape index (κ3) is 2.64. The zero-order chi connectivity index (χ0) is 13.0. The highest BCUT2D eigenvalue weighted by molar-refractivity contribution is 5.67. The Morgan fingerprint density at radius 1 is 1.50 bits per heavy atom. The largest absolute Gasteiger partial charge is 0.479 e. The van der Waals surface area contributed by atoms with Gasteiger partial charge in [-0.05, 0) is 19.8 Å². The standard InChI is InChI=1S/C12H20N4O2/c1-3-18-9-5-4-6-16(7-9)11-10(13)12(17-2)15-8-14-11/h8-9H,3-7,13H2,1-2H3. The molecule has 0 radical (unpaired) electrons. The maximum Gasteiger partial charge on any atom is 0.242 e. The van der Waals surface area contributed by atoms with Crippen LogP contribution in [-0.4, -0.2) is 42.9 Å². The van der Waals surface area contributed by atoms with Crippen molar-refractivity contribution in [3.63, 3.8) is 0 Å². The van der Waals surface area contributed by atoms with E-state index in [9.17, 15) is 0 Å². The predicted molar refractivity (Wildman–Crippen MR) is 69.9 cm³/mol. The highest BCUT2D eigenvalue weighted by Gasteiger charge is 2.23. The van der Waals surface area contributed by atoms with E-state index >= 15 is 0 Å². The van der Waals surface area contributed by atoms with Crippen LogP contribution in [0.2, 0.25) is 0 Å². The first-order valence-electron chi connectivity index (χ1n) is 6.27. The summed E-state index contributed by atoms with van der Waals surface area (Å²) in [6, 6.07) is 0. The summed E-state index contributed by atoms with van der Waals surface area (Å²) in [7, 11) is 1.56. The lowest BCUT2D eigenvalue weighted by atomic mass is 10.1. The predicted octanol–water partition coefficient (Wildman–Crippen LogP) is 1.07. The summed E-state index contributed by atoms with van der Waals surface area (Å²) < 4.78 is 10.8. The number of nitrogens with two attached hydrogens (primary N) is 1. The zero-order valence-corrected chi connectivity index (χ0v) is 10.9. The Balaban J connectivity index is 2.15. The molecule has 2 rings (SSSR count). The molecule has 1 aromatic heterocycles. The molecule has 1 aliphatic heterocycles. The first-order chi connectivity index (χ1) is 8.76. The Kier molecular flexibility index (Phi) is 4.19. The van der Waals surface area contributed by atoms with E-state index in [1.54, 1.807) is 7.11 Å². The fraction of sp³-hybridized carbons (Fsp3) is 0.667. The van der Waals surface area contributed by atoms with Crippen molar-refractivity contribution in [1.29, 1.82) is 0 Å². The number of methoxy groups -OCH3 is 1. The highest BCUT2D eigenvalue weighted by atomic mass is 16.5. The molecule has 1 atom stereocenters. The highest BCUT2D eigenvalue weighted by Crippen LogP contribution is 2.29. The van der Waals surface area contributed by atoms with E-state index in [0.717, 1.165) is 38.4 Å². The Hall–Kier alpha value is -1.56. The molecule has 1 fully saturated rings. The topological polar surface area (TPSA) is 73.5 Å². The van der Waals surface area contributed by atoms with Gasteiger partial charge in [0.15, 0.2) is 5.82 Å². The van der Waals surface area contributed by atoms with Crippen molar-refractivity contribution in [2.45, 2.75) is 25.9 Å². The molecule has 2 N–H and O–H groups in total. The molecule has 1 saturated heterocycles. The van der Waals surface area contributed by atoms with Gasteiger partial charge in [-0.1, -0.05) is 0 Å². The molecular weight excluding hydrogens is 232 g/mol. The monoisotopic (exact) mass is 252 g/mol. The fourth-order valence-electron chi connectivity index (χ4n) is 2.29. The first-order valence-corrected chi connectivity index (χ1v) is 6.27. The van der Waals surface area contributed by atoms with Crippen LogP contribution >= 0.6 is 0 Å². The number of nitrogens with zero attached hydrogens (tertiary/aromatic N) is 3. The van der Waals surface area contributed by atoms with Crippen molar-refractivity contribution >= 4 is 11.5 Å². The minimum Gasteiger partial charge on any atom is -0.479 e. The van der Waals surface area contributed by atoms with Crippen LogP contribution in [0.3, 0.4) is 0 Å². The molecule has 0 amide bonds. The number of ether oxygens (including phenoxy) is 2. The summed E-state index contributed by atoms with van der Waals surface area (Å²) in [6.45, 7) is 4.51. The van der Waals surface area contributed by atoms with Crippen molar-refractivity contribution in [3.05, 3.63) is 6.33 Å². The molecule has 0 aromatic carbocycles. The number of piperidine rings is 1. The van der Waals surface area contributed by atoms with Crippen molar-refractivity contribution in [2.75, 3.05) is 37.4 Å². The van der Waals surface area contributed by atoms with E-state index in [0.29, 0.717) is 11.6 Å². The van der Waals surface area contributed by atoms with E-state index < -0.39 is 0 Å². The summed E-state index contributed by atoms with van der Waals surface area (Å²) in [6.07, 6.45) is 3.90. The molecular formula is C12H20N4O2. The van der Waals surface area contributed by atoms with E-state index in [4.69, 9.17) is 15.2 Å². The first kappa shape index (κ1) is 12.9. The van der Waals surface area contributed by atoms with Gasteiger partial charge in [-0.15, -0.1) is 0 Å². The maximum atomic E-state index is 6.01. The van der Waals surface area contributed by atoms with Gasteiger partial charge in [0.1, 0.15) is 12.0 Å². The third-order valence-electron chi connectivity index (χ3n) is 3.10. The lowest BCUT2D eigenvalue weighted by molar-refractivity contribution is 0.0525. The van der Waals surface area contributed by atoms with Gasteiger partial charge in [-0.3, -0.25) is 0 Å². The van der Waals surface area contributed by atoms with Crippen LogP contribution in [0.1, 0.15) is 19.8 Å². The minimum atomic E-state index is 0.254. The Morgan fingerprint density at radius 2 is 2.33 bits per heavy atom. The molecule has 1 aliphatic rings. The second-order valence-electron chi connectivity index (χ2n) is 4.29. The average molecular weight is 252 g/mol. The second kappa shape index (κ2) is 5.86. The van der Waals surface area contributed by atoms with Gasteiger partial charge < -0.3 is 20.1 Å². The number of nitrogen functional groups attached to an aromatic ring is 1. The number of hydrogen-bond acceptors (Lipinski definition) is 6. The Bertz CT molecular complexity index is 398. The van der Waals surface area contributed by atoms with Crippen LogP contribution in [0.4, 0.5) is 11.5 Å². The second-order valence-corrected chi connectivity index (χ2v) is 4.29. The minimum absolute atomic E-state index is 0.254. The van der Waals surface area contributed by atoms with Crippen LogP contribution in [0.5, 0.6) is 5.88 Å². The van der Waals surface area contributed by atoms with Crippen molar-refractivity contribution in [3.8, 4) is 5.88 Å². The molecule has 6 nitrogen and oxygen atoms in total. The zero-order valence-electron chi connectivity index (χ0n) is 10.9. The molecule has 100 valence electrons. The SMILES string of the molecule is CCOC1CCCN(c2ncnc(OC)c2N)C1. The van der Waals surface area contributed by atoms with Gasteiger partial charge >= 0.3 is 0 Å². The molecule has 0 saturated carbocycles. The van der Waals surface area contributed by atoms with Gasteiger partial charge in [-0.2, -0.15) is 4.98 Å². The van der Waals surface area contributed by atoms with E-state index in [1.165, 1.54) is 6.33 Å². The van der Waals surface area contributed by atoms with Gasteiger partial charge in [0.05, 0.1) is 13.2 Å². The maximum absolute atomic E-state index is 6.01.